The Balaban J connectivity index is 1.77. The van der Waals surface area contributed by atoms with Crippen molar-refractivity contribution in [2.75, 3.05) is 5.32 Å². The third-order valence-electron chi connectivity index (χ3n) is 3.62. The highest BCUT2D eigenvalue weighted by Gasteiger charge is 2.07. The molecule has 0 unspecified atom stereocenters. The van der Waals surface area contributed by atoms with Gasteiger partial charge in [0.05, 0.1) is 18.5 Å². The second kappa shape index (κ2) is 6.98. The fourth-order valence-corrected chi connectivity index (χ4v) is 2.33. The Morgan fingerprint density at radius 3 is 2.43 bits per heavy atom. The standard InChI is InChI=1S/C18H16FN3O/c19-17-9-14(13-3-6-20-7-4-13)1-2-15(17)10-22-18-11-21-8-5-16(18)12-23/h1-9,11,22-23H,10,12H2. The lowest BCUT2D eigenvalue weighted by Crippen LogP contribution is -2.05. The van der Waals surface area contributed by atoms with Crippen molar-refractivity contribution in [1.82, 2.24) is 9.97 Å². The summed E-state index contributed by atoms with van der Waals surface area (Å²) in [6.45, 7) is 0.232. The Kier molecular flexibility index (Phi) is 4.59. The van der Waals surface area contributed by atoms with Crippen LogP contribution in [0.25, 0.3) is 11.1 Å². The summed E-state index contributed by atoms with van der Waals surface area (Å²) in [5, 5.41) is 12.4. The van der Waals surface area contributed by atoms with E-state index in [1.165, 1.54) is 6.07 Å². The van der Waals surface area contributed by atoms with Gasteiger partial charge in [0.2, 0.25) is 0 Å². The molecule has 0 saturated heterocycles. The van der Waals surface area contributed by atoms with E-state index < -0.39 is 0 Å². The highest BCUT2D eigenvalue weighted by Crippen LogP contribution is 2.22. The molecule has 2 heterocycles. The number of aromatic nitrogens is 2. The van der Waals surface area contributed by atoms with Crippen LogP contribution in [-0.4, -0.2) is 15.1 Å². The Morgan fingerprint density at radius 1 is 0.913 bits per heavy atom. The predicted octanol–water partition coefficient (Wildman–Crippen LogP) is 3.39. The Bertz CT molecular complexity index is 793. The number of nitrogens with zero attached hydrogens (tertiary/aromatic N) is 2. The van der Waals surface area contributed by atoms with E-state index in [2.05, 4.69) is 15.3 Å². The molecule has 1 aromatic carbocycles. The molecule has 2 N–H and O–H groups in total. The quantitative estimate of drug-likeness (QED) is 0.758. The molecule has 0 amide bonds. The molecule has 4 nitrogen and oxygen atoms in total. The van der Waals surface area contributed by atoms with Crippen molar-refractivity contribution in [2.24, 2.45) is 0 Å². The second-order valence-electron chi connectivity index (χ2n) is 5.09. The fraction of sp³-hybridized carbons (Fsp3) is 0.111. The lowest BCUT2D eigenvalue weighted by Gasteiger charge is -2.11. The third-order valence-corrected chi connectivity index (χ3v) is 3.62. The van der Waals surface area contributed by atoms with E-state index in [1.54, 1.807) is 36.9 Å². The average molecular weight is 309 g/mol. The van der Waals surface area contributed by atoms with Crippen molar-refractivity contribution in [2.45, 2.75) is 13.2 Å². The Morgan fingerprint density at radius 2 is 1.70 bits per heavy atom. The van der Waals surface area contributed by atoms with Gasteiger partial charge in [-0.1, -0.05) is 12.1 Å². The van der Waals surface area contributed by atoms with Gasteiger partial charge in [-0.3, -0.25) is 9.97 Å². The van der Waals surface area contributed by atoms with Crippen LogP contribution in [0.3, 0.4) is 0 Å². The molecule has 0 saturated carbocycles. The van der Waals surface area contributed by atoms with Gasteiger partial charge in [-0.05, 0) is 35.4 Å². The minimum Gasteiger partial charge on any atom is -0.392 e. The summed E-state index contributed by atoms with van der Waals surface area (Å²) >= 11 is 0. The minimum absolute atomic E-state index is 0.0890. The van der Waals surface area contributed by atoms with E-state index in [0.717, 1.165) is 16.7 Å². The van der Waals surface area contributed by atoms with Gasteiger partial charge < -0.3 is 10.4 Å². The topological polar surface area (TPSA) is 58.0 Å². The summed E-state index contributed by atoms with van der Waals surface area (Å²) in [4.78, 5) is 7.97. The zero-order chi connectivity index (χ0) is 16.1. The fourth-order valence-electron chi connectivity index (χ4n) is 2.33. The van der Waals surface area contributed by atoms with E-state index in [-0.39, 0.29) is 12.4 Å². The molecule has 116 valence electrons. The molecular weight excluding hydrogens is 293 g/mol. The van der Waals surface area contributed by atoms with Crippen LogP contribution in [0.5, 0.6) is 0 Å². The molecule has 0 aliphatic rings. The molecule has 0 aliphatic carbocycles. The molecule has 0 atom stereocenters. The number of pyridine rings is 2. The van der Waals surface area contributed by atoms with Gasteiger partial charge >= 0.3 is 0 Å². The molecule has 23 heavy (non-hydrogen) atoms. The number of anilines is 1. The molecule has 2 aromatic heterocycles. The molecular formula is C18H16FN3O. The molecule has 0 fully saturated rings. The van der Waals surface area contributed by atoms with E-state index >= 15 is 0 Å². The van der Waals surface area contributed by atoms with Crippen LogP contribution in [0, 0.1) is 5.82 Å². The number of halogens is 1. The first-order valence-corrected chi connectivity index (χ1v) is 7.24. The van der Waals surface area contributed by atoms with E-state index in [1.807, 2.05) is 18.2 Å². The first-order chi connectivity index (χ1) is 11.3. The lowest BCUT2D eigenvalue weighted by molar-refractivity contribution is 0.282. The van der Waals surface area contributed by atoms with Crippen LogP contribution in [0.2, 0.25) is 0 Å². The van der Waals surface area contributed by atoms with E-state index in [0.29, 0.717) is 17.8 Å². The number of nitrogens with one attached hydrogen (secondary N) is 1. The minimum atomic E-state index is -0.277. The van der Waals surface area contributed by atoms with Gasteiger partial charge in [0.25, 0.3) is 0 Å². The van der Waals surface area contributed by atoms with Gasteiger partial charge in [-0.15, -0.1) is 0 Å². The number of hydrogen-bond acceptors (Lipinski definition) is 4. The Labute approximate surface area is 133 Å². The predicted molar refractivity (Wildman–Crippen MR) is 87.1 cm³/mol. The summed E-state index contributed by atoms with van der Waals surface area (Å²) in [5.74, 6) is -0.277. The molecule has 0 spiro atoms. The van der Waals surface area contributed by atoms with Gasteiger partial charge in [0.15, 0.2) is 0 Å². The zero-order valence-electron chi connectivity index (χ0n) is 12.4. The van der Waals surface area contributed by atoms with Crippen LogP contribution in [0.4, 0.5) is 10.1 Å². The molecule has 0 bridgehead atoms. The van der Waals surface area contributed by atoms with Crippen molar-refractivity contribution < 1.29 is 9.50 Å². The van der Waals surface area contributed by atoms with Gasteiger partial charge in [-0.25, -0.2) is 4.39 Å². The summed E-state index contributed by atoms with van der Waals surface area (Å²) < 4.78 is 14.3. The molecule has 0 radical (unpaired) electrons. The van der Waals surface area contributed by atoms with Crippen LogP contribution in [-0.2, 0) is 13.2 Å². The smallest absolute Gasteiger partial charge is 0.128 e. The maximum atomic E-state index is 14.3. The average Bonchev–Trinajstić information content (AvgIpc) is 2.61. The van der Waals surface area contributed by atoms with Crippen LogP contribution in [0.1, 0.15) is 11.1 Å². The second-order valence-corrected chi connectivity index (χ2v) is 5.09. The number of benzene rings is 1. The SMILES string of the molecule is OCc1ccncc1NCc1ccc(-c2ccncc2)cc1F. The van der Waals surface area contributed by atoms with E-state index in [9.17, 15) is 9.50 Å². The van der Waals surface area contributed by atoms with Gasteiger partial charge in [0.1, 0.15) is 5.82 Å². The first kappa shape index (κ1) is 15.1. The van der Waals surface area contributed by atoms with Crippen molar-refractivity contribution in [3.63, 3.8) is 0 Å². The number of rotatable bonds is 5. The third kappa shape index (κ3) is 3.52. The van der Waals surface area contributed by atoms with Crippen LogP contribution in [0.15, 0.2) is 61.2 Å². The number of hydrogen-bond donors (Lipinski definition) is 2. The largest absolute Gasteiger partial charge is 0.392 e. The summed E-state index contributed by atoms with van der Waals surface area (Å²) in [7, 11) is 0. The molecule has 3 rings (SSSR count). The van der Waals surface area contributed by atoms with Crippen LogP contribution >= 0.6 is 0 Å². The monoisotopic (exact) mass is 309 g/mol. The maximum Gasteiger partial charge on any atom is 0.128 e. The number of aliphatic hydroxyl groups is 1. The van der Waals surface area contributed by atoms with Crippen molar-refractivity contribution in [3.05, 3.63) is 78.1 Å². The summed E-state index contributed by atoms with van der Waals surface area (Å²) in [5.41, 5.74) is 3.72. The van der Waals surface area contributed by atoms with Crippen molar-refractivity contribution >= 4 is 5.69 Å². The normalized spacial score (nSPS) is 10.5. The van der Waals surface area contributed by atoms with Crippen LogP contribution < -0.4 is 5.32 Å². The molecule has 5 heteroatoms. The molecule has 3 aromatic rings. The highest BCUT2D eigenvalue weighted by molar-refractivity contribution is 5.63. The zero-order valence-corrected chi connectivity index (χ0v) is 12.4. The molecule has 0 aliphatic heterocycles. The first-order valence-electron chi connectivity index (χ1n) is 7.24. The van der Waals surface area contributed by atoms with Crippen molar-refractivity contribution in [1.29, 1.82) is 0 Å². The Hall–Kier alpha value is -2.79. The maximum absolute atomic E-state index is 14.3. The van der Waals surface area contributed by atoms with E-state index in [4.69, 9.17) is 0 Å². The number of aliphatic hydroxyl groups excluding tert-OH is 1. The summed E-state index contributed by atoms with van der Waals surface area (Å²) in [6, 6.07) is 10.6. The van der Waals surface area contributed by atoms with Gasteiger partial charge in [0, 0.05) is 36.3 Å². The lowest BCUT2D eigenvalue weighted by atomic mass is 10.0. The highest BCUT2D eigenvalue weighted by atomic mass is 19.1. The van der Waals surface area contributed by atoms with Crippen molar-refractivity contribution in [3.8, 4) is 11.1 Å². The summed E-state index contributed by atoms with van der Waals surface area (Å²) in [6.07, 6.45) is 6.60. The van der Waals surface area contributed by atoms with Gasteiger partial charge in [-0.2, -0.15) is 0 Å².